The van der Waals surface area contributed by atoms with Crippen molar-refractivity contribution in [2.75, 3.05) is 19.6 Å². The average Bonchev–Trinajstić information content (AvgIpc) is 2.28. The van der Waals surface area contributed by atoms with Crippen LogP contribution >= 0.6 is 12.6 Å². The number of nitrogens with zero attached hydrogens (tertiary/aromatic N) is 1. The molecule has 0 aromatic heterocycles. The number of carbonyl (C=O) groups is 2. The summed E-state index contributed by atoms with van der Waals surface area (Å²) in [4.78, 5) is 24.1. The lowest BCUT2D eigenvalue weighted by Crippen LogP contribution is -2.40. The van der Waals surface area contributed by atoms with Crippen molar-refractivity contribution < 1.29 is 9.59 Å². The standard InChI is InChI=1S/C8H14N2O2S/c1-6(13)8(12)10-4-2-3-9-7(11)5-10/h6,13H,2-5H2,1H3,(H,9,11). The van der Waals surface area contributed by atoms with Gasteiger partial charge in [-0.25, -0.2) is 0 Å². The number of thiol groups is 1. The van der Waals surface area contributed by atoms with Crippen LogP contribution in [0.4, 0.5) is 0 Å². The van der Waals surface area contributed by atoms with Crippen LogP contribution in [0.1, 0.15) is 13.3 Å². The minimum absolute atomic E-state index is 0.0691. The zero-order chi connectivity index (χ0) is 9.84. The molecule has 13 heavy (non-hydrogen) atoms. The minimum Gasteiger partial charge on any atom is -0.354 e. The molecule has 1 aliphatic rings. The van der Waals surface area contributed by atoms with E-state index in [4.69, 9.17) is 0 Å². The van der Waals surface area contributed by atoms with Gasteiger partial charge in [0.15, 0.2) is 0 Å². The van der Waals surface area contributed by atoms with Crippen LogP contribution in [0.5, 0.6) is 0 Å². The fourth-order valence-electron chi connectivity index (χ4n) is 1.26. The quantitative estimate of drug-likeness (QED) is 0.571. The van der Waals surface area contributed by atoms with Crippen molar-refractivity contribution in [3.63, 3.8) is 0 Å². The summed E-state index contributed by atoms with van der Waals surface area (Å²) in [6.07, 6.45) is 0.817. The van der Waals surface area contributed by atoms with Gasteiger partial charge >= 0.3 is 0 Å². The second-order valence-corrected chi connectivity index (χ2v) is 3.91. The van der Waals surface area contributed by atoms with Crippen LogP contribution < -0.4 is 5.32 Å². The Morgan fingerprint density at radius 2 is 2.38 bits per heavy atom. The number of carbonyl (C=O) groups excluding carboxylic acids is 2. The molecule has 4 nitrogen and oxygen atoms in total. The Labute approximate surface area is 83.1 Å². The normalized spacial score (nSPS) is 20.5. The zero-order valence-corrected chi connectivity index (χ0v) is 8.51. The SMILES string of the molecule is CC(S)C(=O)N1CCCNC(=O)C1. The average molecular weight is 202 g/mol. The molecule has 1 saturated heterocycles. The van der Waals surface area contributed by atoms with E-state index in [1.165, 1.54) is 0 Å². The summed E-state index contributed by atoms with van der Waals surface area (Å²) in [7, 11) is 0. The maximum absolute atomic E-state index is 11.5. The Bertz CT molecular complexity index is 218. The van der Waals surface area contributed by atoms with E-state index < -0.39 is 0 Å². The molecule has 1 aliphatic heterocycles. The van der Waals surface area contributed by atoms with E-state index >= 15 is 0 Å². The molecule has 0 aromatic rings. The fourth-order valence-corrected chi connectivity index (χ4v) is 1.42. The molecule has 0 radical (unpaired) electrons. The van der Waals surface area contributed by atoms with Crippen molar-refractivity contribution in [3.05, 3.63) is 0 Å². The van der Waals surface area contributed by atoms with Gasteiger partial charge in [0, 0.05) is 13.1 Å². The number of nitrogens with one attached hydrogen (secondary N) is 1. The maximum Gasteiger partial charge on any atom is 0.239 e. The third-order valence-corrected chi connectivity index (χ3v) is 2.15. The molecule has 1 atom stereocenters. The lowest BCUT2D eigenvalue weighted by atomic mass is 10.3. The highest BCUT2D eigenvalue weighted by molar-refractivity contribution is 7.81. The van der Waals surface area contributed by atoms with E-state index in [1.54, 1.807) is 11.8 Å². The molecule has 74 valence electrons. The molecule has 1 fully saturated rings. The Morgan fingerprint density at radius 1 is 1.69 bits per heavy atom. The second kappa shape index (κ2) is 4.50. The molecule has 5 heteroatoms. The Hall–Kier alpha value is -0.710. The molecule has 0 aromatic carbocycles. The number of amides is 2. The van der Waals surface area contributed by atoms with Crippen molar-refractivity contribution in [1.82, 2.24) is 10.2 Å². The molecule has 2 amide bonds. The summed E-state index contributed by atoms with van der Waals surface area (Å²) in [6, 6.07) is 0. The Kier molecular flexibility index (Phi) is 3.59. The van der Waals surface area contributed by atoms with E-state index in [0.717, 1.165) is 6.42 Å². The lowest BCUT2D eigenvalue weighted by Gasteiger charge is -2.20. The van der Waals surface area contributed by atoms with Gasteiger partial charge in [0.1, 0.15) is 0 Å². The Balaban J connectivity index is 2.57. The molecule has 1 rings (SSSR count). The summed E-state index contributed by atoms with van der Waals surface area (Å²) >= 11 is 4.04. The first-order chi connectivity index (χ1) is 6.11. The van der Waals surface area contributed by atoms with Crippen LogP contribution in [0, 0.1) is 0 Å². The largest absolute Gasteiger partial charge is 0.354 e. The summed E-state index contributed by atoms with van der Waals surface area (Å²) < 4.78 is 0. The van der Waals surface area contributed by atoms with Crippen molar-refractivity contribution >= 4 is 24.4 Å². The molecule has 1 heterocycles. The van der Waals surface area contributed by atoms with E-state index in [-0.39, 0.29) is 23.6 Å². The van der Waals surface area contributed by atoms with Gasteiger partial charge in [-0.3, -0.25) is 9.59 Å². The van der Waals surface area contributed by atoms with Gasteiger partial charge in [-0.1, -0.05) is 0 Å². The monoisotopic (exact) mass is 202 g/mol. The highest BCUT2D eigenvalue weighted by Gasteiger charge is 2.21. The maximum atomic E-state index is 11.5. The number of hydrogen-bond acceptors (Lipinski definition) is 3. The van der Waals surface area contributed by atoms with Gasteiger partial charge in [0.2, 0.25) is 11.8 Å². The molecular weight excluding hydrogens is 188 g/mol. The number of hydrogen-bond donors (Lipinski definition) is 2. The van der Waals surface area contributed by atoms with E-state index in [2.05, 4.69) is 17.9 Å². The molecule has 1 unspecified atom stereocenters. The molecule has 0 aliphatic carbocycles. The smallest absolute Gasteiger partial charge is 0.239 e. The molecule has 0 bridgehead atoms. The van der Waals surface area contributed by atoms with Gasteiger partial charge < -0.3 is 10.2 Å². The van der Waals surface area contributed by atoms with Crippen LogP contribution in [0.25, 0.3) is 0 Å². The van der Waals surface area contributed by atoms with Gasteiger partial charge in [-0.2, -0.15) is 12.6 Å². The lowest BCUT2D eigenvalue weighted by molar-refractivity contribution is -0.134. The summed E-state index contributed by atoms with van der Waals surface area (Å²) in [6.45, 7) is 3.18. The summed E-state index contributed by atoms with van der Waals surface area (Å²) in [5.41, 5.74) is 0. The summed E-state index contributed by atoms with van der Waals surface area (Å²) in [5, 5.41) is 2.38. The number of rotatable bonds is 1. The van der Waals surface area contributed by atoms with Crippen molar-refractivity contribution in [2.45, 2.75) is 18.6 Å². The molecule has 0 saturated carbocycles. The van der Waals surface area contributed by atoms with Gasteiger partial charge in [0.25, 0.3) is 0 Å². The third-order valence-electron chi connectivity index (χ3n) is 1.93. The van der Waals surface area contributed by atoms with Crippen molar-refractivity contribution in [3.8, 4) is 0 Å². The molecule has 1 N–H and O–H groups in total. The van der Waals surface area contributed by atoms with Crippen LogP contribution in [0.15, 0.2) is 0 Å². The van der Waals surface area contributed by atoms with Crippen LogP contribution in [0.2, 0.25) is 0 Å². The van der Waals surface area contributed by atoms with Gasteiger partial charge in [-0.05, 0) is 13.3 Å². The van der Waals surface area contributed by atoms with Crippen molar-refractivity contribution in [2.24, 2.45) is 0 Å². The first kappa shape index (κ1) is 10.4. The third kappa shape index (κ3) is 2.91. The van der Waals surface area contributed by atoms with Gasteiger partial charge in [0.05, 0.1) is 11.8 Å². The van der Waals surface area contributed by atoms with E-state index in [0.29, 0.717) is 13.1 Å². The molecule has 0 spiro atoms. The van der Waals surface area contributed by atoms with E-state index in [9.17, 15) is 9.59 Å². The first-order valence-corrected chi connectivity index (χ1v) is 4.86. The zero-order valence-electron chi connectivity index (χ0n) is 7.62. The van der Waals surface area contributed by atoms with Crippen LogP contribution in [-0.4, -0.2) is 41.6 Å². The molecular formula is C8H14N2O2S. The first-order valence-electron chi connectivity index (χ1n) is 4.35. The topological polar surface area (TPSA) is 49.4 Å². The predicted octanol–water partition coefficient (Wildman–Crippen LogP) is -0.347. The van der Waals surface area contributed by atoms with Crippen LogP contribution in [-0.2, 0) is 9.59 Å². The summed E-state index contributed by atoms with van der Waals surface area (Å²) in [5.74, 6) is -0.153. The highest BCUT2D eigenvalue weighted by Crippen LogP contribution is 2.03. The van der Waals surface area contributed by atoms with E-state index in [1.807, 2.05) is 0 Å². The van der Waals surface area contributed by atoms with Crippen LogP contribution in [0.3, 0.4) is 0 Å². The predicted molar refractivity (Wildman–Crippen MR) is 52.7 cm³/mol. The Morgan fingerprint density at radius 3 is 3.00 bits per heavy atom. The van der Waals surface area contributed by atoms with Gasteiger partial charge in [-0.15, -0.1) is 0 Å². The fraction of sp³-hybridized carbons (Fsp3) is 0.750. The highest BCUT2D eigenvalue weighted by atomic mass is 32.1. The minimum atomic E-state index is -0.328. The van der Waals surface area contributed by atoms with Crippen molar-refractivity contribution in [1.29, 1.82) is 0 Å². The second-order valence-electron chi connectivity index (χ2n) is 3.14.